The Bertz CT molecular complexity index is 1350. The summed E-state index contributed by atoms with van der Waals surface area (Å²) in [5.74, 6) is 4.73. The summed E-state index contributed by atoms with van der Waals surface area (Å²) in [6, 6.07) is -0.382. The van der Waals surface area contributed by atoms with Gasteiger partial charge >= 0.3 is 18.2 Å². The van der Waals surface area contributed by atoms with E-state index < -0.39 is 17.3 Å². The van der Waals surface area contributed by atoms with Crippen molar-refractivity contribution in [2.75, 3.05) is 19.6 Å². The lowest BCUT2D eigenvalue weighted by Crippen LogP contribution is -2.51. The largest absolute Gasteiger partial charge is 0.461 e. The van der Waals surface area contributed by atoms with Crippen molar-refractivity contribution in [3.63, 3.8) is 0 Å². The number of allylic oxidation sites excluding steroid dienone is 1. The van der Waals surface area contributed by atoms with E-state index in [4.69, 9.17) is 14.2 Å². The van der Waals surface area contributed by atoms with Gasteiger partial charge in [0.15, 0.2) is 0 Å². The number of amides is 2. The number of fused-ring (bicyclic) bond motifs is 5. The second kappa shape index (κ2) is 21.5. The van der Waals surface area contributed by atoms with Gasteiger partial charge in [-0.05, 0) is 171 Å². The number of hydrogen-bond acceptors (Lipinski definition) is 7. The maximum absolute atomic E-state index is 13.9. The third-order valence-electron chi connectivity index (χ3n) is 14.6. The van der Waals surface area contributed by atoms with Gasteiger partial charge < -0.3 is 30.2 Å². The summed E-state index contributed by atoms with van der Waals surface area (Å²) in [5.41, 5.74) is 1.22. The molecule has 3 N–H and O–H groups in total. The van der Waals surface area contributed by atoms with E-state index in [1.807, 2.05) is 41.5 Å². The summed E-state index contributed by atoms with van der Waals surface area (Å²) in [7, 11) is 0. The molecule has 58 heavy (non-hydrogen) atoms. The van der Waals surface area contributed by atoms with Crippen LogP contribution in [0.25, 0.3) is 0 Å². The molecule has 2 amide bonds. The second-order valence-corrected chi connectivity index (χ2v) is 21.9. The predicted octanol–water partition coefficient (Wildman–Crippen LogP) is 11.7. The van der Waals surface area contributed by atoms with Crippen molar-refractivity contribution in [1.29, 1.82) is 0 Å². The molecule has 0 spiro atoms. The van der Waals surface area contributed by atoms with Crippen LogP contribution in [0.4, 0.5) is 9.59 Å². The van der Waals surface area contributed by atoms with Gasteiger partial charge in [0, 0.05) is 19.5 Å². The molecular weight excluding hydrogens is 727 g/mol. The van der Waals surface area contributed by atoms with E-state index in [0.717, 1.165) is 99.8 Å². The van der Waals surface area contributed by atoms with Crippen LogP contribution in [0.5, 0.6) is 0 Å². The van der Waals surface area contributed by atoms with E-state index in [9.17, 15) is 14.4 Å². The Balaban J connectivity index is 1.28. The molecule has 4 aliphatic carbocycles. The minimum Gasteiger partial charge on any atom is -0.461 e. The van der Waals surface area contributed by atoms with Crippen molar-refractivity contribution in [3.8, 4) is 0 Å². The van der Waals surface area contributed by atoms with Gasteiger partial charge in [0.25, 0.3) is 0 Å². The van der Waals surface area contributed by atoms with Crippen LogP contribution in [0, 0.1) is 46.3 Å². The summed E-state index contributed by atoms with van der Waals surface area (Å²) in [5, 5.41) is 9.22. The van der Waals surface area contributed by atoms with Crippen LogP contribution in [0.15, 0.2) is 11.6 Å². The molecule has 9 heteroatoms. The zero-order chi connectivity index (χ0) is 42.7. The molecule has 3 saturated carbocycles. The lowest BCUT2D eigenvalue weighted by atomic mass is 9.47. The van der Waals surface area contributed by atoms with Crippen LogP contribution in [-0.4, -0.2) is 61.1 Å². The number of ether oxygens (including phenoxy) is 3. The molecule has 0 aromatic rings. The van der Waals surface area contributed by atoms with E-state index in [0.29, 0.717) is 24.9 Å². The van der Waals surface area contributed by atoms with Crippen molar-refractivity contribution in [1.82, 2.24) is 16.0 Å². The van der Waals surface area contributed by atoms with Crippen LogP contribution >= 0.6 is 0 Å². The number of carbonyl (C=O) groups excluding carboxylic acids is 3. The van der Waals surface area contributed by atoms with Gasteiger partial charge in [-0.2, -0.15) is 0 Å². The third kappa shape index (κ3) is 14.1. The van der Waals surface area contributed by atoms with Crippen molar-refractivity contribution in [2.24, 2.45) is 46.3 Å². The monoisotopic (exact) mass is 814 g/mol. The molecule has 0 aromatic carbocycles. The number of carbonyl (C=O) groups is 3. The number of alkyl carbamates (subject to hydrolysis) is 2. The highest BCUT2D eigenvalue weighted by molar-refractivity contribution is 5.76. The molecule has 4 rings (SSSR count). The Morgan fingerprint density at radius 3 is 1.97 bits per heavy atom. The first-order valence-electron chi connectivity index (χ1n) is 23.8. The molecule has 9 nitrogen and oxygen atoms in total. The first kappa shape index (κ1) is 48.4. The molecule has 3 fully saturated rings. The Morgan fingerprint density at radius 2 is 1.34 bits per heavy atom. The maximum atomic E-state index is 13.9. The molecule has 0 bridgehead atoms. The molecule has 0 unspecified atom stereocenters. The molecule has 0 heterocycles. The number of esters is 1. The van der Waals surface area contributed by atoms with Gasteiger partial charge in [0.05, 0.1) is 0 Å². The van der Waals surface area contributed by atoms with Crippen molar-refractivity contribution in [3.05, 3.63) is 11.6 Å². The summed E-state index contributed by atoms with van der Waals surface area (Å²) in [6.45, 7) is 25.5. The molecular formula is C49H87N3O6. The van der Waals surface area contributed by atoms with Crippen LogP contribution in [0.3, 0.4) is 0 Å². The SMILES string of the molecule is CC(C)CCC[C@@H](C)[C@H]1CC[C@H]2[C@@H]3CC=C4C[C@@H](OC(=O)[C@H](CCCCNC(=O)OC(C)(C)C)NCCCCCCNC(=O)OC(C)(C)C)CC[C@]4(C)[C@H]3CC[C@]12C. The highest BCUT2D eigenvalue weighted by atomic mass is 16.6. The zero-order valence-electron chi connectivity index (χ0n) is 39.0. The fraction of sp³-hybridized carbons (Fsp3) is 0.898. The van der Waals surface area contributed by atoms with Crippen LogP contribution in [0.2, 0.25) is 0 Å². The standard InChI is InChI=1S/C49H87N3O6/c1-34(2)19-18-20-35(3)39-24-25-40-38-23-22-36-33-37(26-28-48(36,10)41(38)27-29-49(39,40)11)56-43(53)42(21-14-17-32-52-45(55)58-47(7,8)9)50-30-15-12-13-16-31-51-44(54)57-46(4,5)6/h22,34-35,37-42,50H,12-21,23-33H2,1-11H3,(H,51,54)(H,52,55)/t35-,37+,38+,39-,40+,41+,42+,48+,49-/m1/s1. The van der Waals surface area contributed by atoms with Gasteiger partial charge in [-0.25, -0.2) is 9.59 Å². The van der Waals surface area contributed by atoms with E-state index in [2.05, 4.69) is 56.6 Å². The first-order valence-corrected chi connectivity index (χ1v) is 23.8. The lowest BCUT2D eigenvalue weighted by molar-refractivity contribution is -0.154. The highest BCUT2D eigenvalue weighted by Crippen LogP contribution is 2.67. The molecule has 0 saturated heterocycles. The number of rotatable bonds is 20. The number of nitrogens with one attached hydrogen (secondary N) is 3. The molecule has 4 aliphatic rings. The van der Waals surface area contributed by atoms with E-state index in [1.165, 1.54) is 51.4 Å². The lowest BCUT2D eigenvalue weighted by Gasteiger charge is -2.58. The van der Waals surface area contributed by atoms with Crippen molar-refractivity contribution < 1.29 is 28.6 Å². The summed E-state index contributed by atoms with van der Waals surface area (Å²) in [4.78, 5) is 37.9. The summed E-state index contributed by atoms with van der Waals surface area (Å²) >= 11 is 0. The van der Waals surface area contributed by atoms with Crippen LogP contribution in [0.1, 0.15) is 192 Å². The maximum Gasteiger partial charge on any atom is 0.407 e. The van der Waals surface area contributed by atoms with Gasteiger partial charge in [0.1, 0.15) is 23.3 Å². The molecule has 0 aliphatic heterocycles. The summed E-state index contributed by atoms with van der Waals surface area (Å²) < 4.78 is 17.1. The molecule has 0 radical (unpaired) electrons. The van der Waals surface area contributed by atoms with Crippen LogP contribution < -0.4 is 16.0 Å². The highest BCUT2D eigenvalue weighted by Gasteiger charge is 2.59. The number of unbranched alkanes of at least 4 members (excludes halogenated alkanes) is 4. The van der Waals surface area contributed by atoms with Gasteiger partial charge in [-0.3, -0.25) is 4.79 Å². The Hall–Kier alpha value is -2.29. The van der Waals surface area contributed by atoms with Gasteiger partial charge in [-0.1, -0.05) is 78.4 Å². The Labute approximate surface area is 354 Å². The molecule has 9 atom stereocenters. The fourth-order valence-electron chi connectivity index (χ4n) is 11.7. The van der Waals surface area contributed by atoms with Crippen molar-refractivity contribution >= 4 is 18.2 Å². The average Bonchev–Trinajstić information content (AvgIpc) is 3.47. The minimum atomic E-state index is -0.536. The smallest absolute Gasteiger partial charge is 0.407 e. The predicted molar refractivity (Wildman–Crippen MR) is 236 cm³/mol. The normalized spacial score (nSPS) is 29.3. The van der Waals surface area contributed by atoms with E-state index in [-0.39, 0.29) is 29.6 Å². The Morgan fingerprint density at radius 1 is 0.724 bits per heavy atom. The third-order valence-corrected chi connectivity index (χ3v) is 14.6. The zero-order valence-corrected chi connectivity index (χ0v) is 39.0. The molecule has 0 aromatic heterocycles. The van der Waals surface area contributed by atoms with E-state index >= 15 is 0 Å². The first-order chi connectivity index (χ1) is 27.2. The van der Waals surface area contributed by atoms with Gasteiger partial charge in [-0.15, -0.1) is 0 Å². The number of hydrogen-bond donors (Lipinski definition) is 3. The molecule has 334 valence electrons. The average molecular weight is 814 g/mol. The minimum absolute atomic E-state index is 0.0737. The van der Waals surface area contributed by atoms with E-state index in [1.54, 1.807) is 5.57 Å². The topological polar surface area (TPSA) is 115 Å². The fourth-order valence-corrected chi connectivity index (χ4v) is 11.7. The van der Waals surface area contributed by atoms with Crippen LogP contribution in [-0.2, 0) is 19.0 Å². The quantitative estimate of drug-likeness (QED) is 0.0485. The Kier molecular flexibility index (Phi) is 17.9. The van der Waals surface area contributed by atoms with Crippen molar-refractivity contribution in [2.45, 2.75) is 215 Å². The second-order valence-electron chi connectivity index (χ2n) is 21.9. The van der Waals surface area contributed by atoms with Gasteiger partial charge in [0.2, 0.25) is 0 Å². The summed E-state index contributed by atoms with van der Waals surface area (Å²) in [6.07, 6.45) is 21.5.